The number of aromatic nitrogens is 2. The van der Waals surface area contributed by atoms with Gasteiger partial charge in [0, 0.05) is 10.6 Å². The molecule has 0 aliphatic rings. The summed E-state index contributed by atoms with van der Waals surface area (Å²) in [6, 6.07) is 14.8. The van der Waals surface area contributed by atoms with Crippen molar-refractivity contribution in [3.05, 3.63) is 76.6 Å². The molecule has 0 aliphatic heterocycles. The molecule has 0 aliphatic carbocycles. The summed E-state index contributed by atoms with van der Waals surface area (Å²) in [6.07, 6.45) is 3.79. The molecule has 1 heterocycles. The summed E-state index contributed by atoms with van der Waals surface area (Å²) in [4.78, 5) is 21.6. The maximum Gasteiger partial charge on any atom is 0.230 e. The molecule has 5 nitrogen and oxygen atoms in total. The summed E-state index contributed by atoms with van der Waals surface area (Å²) in [5, 5.41) is 3.50. The number of carbonyl (C=O) groups is 1. The van der Waals surface area contributed by atoms with E-state index in [-0.39, 0.29) is 12.3 Å². The number of amides is 1. The Morgan fingerprint density at radius 2 is 1.79 bits per heavy atom. The van der Waals surface area contributed by atoms with Crippen LogP contribution in [0.15, 0.2) is 60.3 Å². The molecular weight excluding hydrogens is 386 g/mol. The van der Waals surface area contributed by atoms with Gasteiger partial charge in [0.15, 0.2) is 5.82 Å². The third kappa shape index (κ3) is 5.65. The first-order valence-corrected chi connectivity index (χ1v) is 9.53. The van der Waals surface area contributed by atoms with Crippen molar-refractivity contribution in [1.29, 1.82) is 0 Å². The van der Waals surface area contributed by atoms with E-state index in [9.17, 15) is 4.79 Å². The van der Waals surface area contributed by atoms with Gasteiger partial charge in [-0.05, 0) is 61.9 Å². The van der Waals surface area contributed by atoms with E-state index in [1.165, 1.54) is 0 Å². The van der Waals surface area contributed by atoms with Gasteiger partial charge in [0.1, 0.15) is 11.4 Å². The molecule has 1 amide bonds. The zero-order chi connectivity index (χ0) is 20.8. The molecule has 0 bridgehead atoms. The van der Waals surface area contributed by atoms with Crippen LogP contribution >= 0.6 is 11.6 Å². The van der Waals surface area contributed by atoms with Gasteiger partial charge in [-0.3, -0.25) is 4.79 Å². The van der Waals surface area contributed by atoms with Crippen LogP contribution in [-0.4, -0.2) is 23.0 Å². The van der Waals surface area contributed by atoms with Crippen molar-refractivity contribution >= 4 is 29.4 Å². The first kappa shape index (κ1) is 20.6. The van der Waals surface area contributed by atoms with Gasteiger partial charge in [-0.2, -0.15) is 0 Å². The predicted molar refractivity (Wildman–Crippen MR) is 117 cm³/mol. The van der Waals surface area contributed by atoms with Gasteiger partial charge in [0.2, 0.25) is 5.91 Å². The Bertz CT molecular complexity index is 1020. The summed E-state index contributed by atoms with van der Waals surface area (Å²) >= 11 is 5.90. The minimum Gasteiger partial charge on any atom is -0.497 e. The molecule has 29 heavy (non-hydrogen) atoms. The van der Waals surface area contributed by atoms with E-state index < -0.39 is 0 Å². The van der Waals surface area contributed by atoms with Gasteiger partial charge < -0.3 is 10.1 Å². The molecule has 0 fully saturated rings. The second-order valence-corrected chi connectivity index (χ2v) is 7.23. The van der Waals surface area contributed by atoms with Crippen molar-refractivity contribution in [2.24, 2.45) is 0 Å². The first-order valence-electron chi connectivity index (χ1n) is 9.15. The number of methoxy groups -OCH3 is 1. The lowest BCUT2D eigenvalue weighted by molar-refractivity contribution is -0.115. The van der Waals surface area contributed by atoms with Crippen molar-refractivity contribution in [1.82, 2.24) is 9.97 Å². The molecule has 1 N–H and O–H groups in total. The Hall–Kier alpha value is -3.18. The second kappa shape index (κ2) is 9.34. The minimum atomic E-state index is -0.165. The number of allylic oxidation sites excluding steroid dienone is 1. The molecule has 0 saturated carbocycles. The molecule has 0 unspecified atom stereocenters. The number of benzene rings is 2. The average molecular weight is 408 g/mol. The number of nitrogens with one attached hydrogen (secondary N) is 1. The Morgan fingerprint density at radius 1 is 1.10 bits per heavy atom. The molecule has 6 heteroatoms. The molecule has 0 atom stereocenters. The fourth-order valence-electron chi connectivity index (χ4n) is 2.74. The van der Waals surface area contributed by atoms with Crippen LogP contribution < -0.4 is 10.1 Å². The Kier molecular flexibility index (Phi) is 6.62. The monoisotopic (exact) mass is 407 g/mol. The highest BCUT2D eigenvalue weighted by Gasteiger charge is 2.12. The number of anilines is 1. The maximum absolute atomic E-state index is 12.5. The quantitative estimate of drug-likeness (QED) is 0.593. The van der Waals surface area contributed by atoms with E-state index in [0.717, 1.165) is 28.1 Å². The number of carbonyl (C=O) groups excluding carboxylic acids is 1. The molecule has 3 aromatic rings. The highest BCUT2D eigenvalue weighted by atomic mass is 35.5. The van der Waals surface area contributed by atoms with E-state index in [1.807, 2.05) is 56.3 Å². The fraction of sp³-hybridized carbons (Fsp3) is 0.174. The fourth-order valence-corrected chi connectivity index (χ4v) is 2.86. The number of halogens is 1. The smallest absolute Gasteiger partial charge is 0.230 e. The topological polar surface area (TPSA) is 64.1 Å². The predicted octanol–water partition coefficient (Wildman–Crippen LogP) is 5.41. The van der Waals surface area contributed by atoms with Crippen LogP contribution in [0.5, 0.6) is 5.75 Å². The highest BCUT2D eigenvalue weighted by Crippen LogP contribution is 2.23. The lowest BCUT2D eigenvalue weighted by atomic mass is 10.1. The number of hydrogen-bond donors (Lipinski definition) is 1. The van der Waals surface area contributed by atoms with Crippen molar-refractivity contribution in [2.45, 2.75) is 20.3 Å². The number of rotatable bonds is 6. The third-order valence-electron chi connectivity index (χ3n) is 4.15. The summed E-state index contributed by atoms with van der Waals surface area (Å²) < 4.78 is 5.20. The van der Waals surface area contributed by atoms with Crippen LogP contribution in [-0.2, 0) is 11.2 Å². The van der Waals surface area contributed by atoms with E-state index in [0.29, 0.717) is 16.5 Å². The standard InChI is InChI=1S/C23H22ClN3O2/c1-15(2)12-20-23(27-22(28)13-16-4-8-18(24)9-5-16)25-14-21(26-20)17-6-10-19(29-3)11-7-17/h4-12,14H,13H2,1-3H3,(H,25,27,28). The van der Waals surface area contributed by atoms with Crippen molar-refractivity contribution in [3.63, 3.8) is 0 Å². The van der Waals surface area contributed by atoms with Crippen molar-refractivity contribution in [3.8, 4) is 17.0 Å². The van der Waals surface area contributed by atoms with Crippen LogP contribution in [0.1, 0.15) is 25.1 Å². The maximum atomic E-state index is 12.5. The normalized spacial score (nSPS) is 10.3. The summed E-state index contributed by atoms with van der Waals surface area (Å²) in [5.41, 5.74) is 4.18. The van der Waals surface area contributed by atoms with Crippen LogP contribution in [0.4, 0.5) is 5.82 Å². The molecule has 2 aromatic carbocycles. The zero-order valence-electron chi connectivity index (χ0n) is 16.6. The third-order valence-corrected chi connectivity index (χ3v) is 4.40. The van der Waals surface area contributed by atoms with Crippen LogP contribution in [0.2, 0.25) is 5.02 Å². The van der Waals surface area contributed by atoms with Gasteiger partial charge in [-0.1, -0.05) is 29.3 Å². The Balaban J connectivity index is 1.84. The summed E-state index contributed by atoms with van der Waals surface area (Å²) in [5.74, 6) is 1.04. The molecular formula is C23H22ClN3O2. The largest absolute Gasteiger partial charge is 0.497 e. The number of hydrogen-bond acceptors (Lipinski definition) is 4. The molecule has 148 valence electrons. The molecule has 1 aromatic heterocycles. The average Bonchev–Trinajstić information content (AvgIpc) is 2.71. The van der Waals surface area contributed by atoms with E-state index >= 15 is 0 Å². The van der Waals surface area contributed by atoms with Gasteiger partial charge >= 0.3 is 0 Å². The number of ether oxygens (including phenoxy) is 1. The van der Waals surface area contributed by atoms with E-state index in [1.54, 1.807) is 25.4 Å². The Labute approximate surface area is 175 Å². The summed E-state index contributed by atoms with van der Waals surface area (Å²) in [6.45, 7) is 3.95. The Morgan fingerprint density at radius 3 is 2.41 bits per heavy atom. The van der Waals surface area contributed by atoms with Gasteiger partial charge in [-0.15, -0.1) is 0 Å². The SMILES string of the molecule is COc1ccc(-c2cnc(NC(=O)Cc3ccc(Cl)cc3)c(C=C(C)C)n2)cc1. The molecule has 0 saturated heterocycles. The minimum absolute atomic E-state index is 0.165. The number of nitrogens with zero attached hydrogens (tertiary/aromatic N) is 2. The van der Waals surface area contributed by atoms with Gasteiger partial charge in [-0.25, -0.2) is 9.97 Å². The molecule has 3 rings (SSSR count). The van der Waals surface area contributed by atoms with E-state index in [2.05, 4.69) is 10.3 Å². The van der Waals surface area contributed by atoms with Crippen LogP contribution in [0.3, 0.4) is 0 Å². The van der Waals surface area contributed by atoms with Gasteiger partial charge in [0.25, 0.3) is 0 Å². The highest BCUT2D eigenvalue weighted by molar-refractivity contribution is 6.30. The first-order chi connectivity index (χ1) is 13.9. The second-order valence-electron chi connectivity index (χ2n) is 6.79. The lowest BCUT2D eigenvalue weighted by Crippen LogP contribution is -2.16. The van der Waals surface area contributed by atoms with Crippen LogP contribution in [0, 0.1) is 0 Å². The van der Waals surface area contributed by atoms with Gasteiger partial charge in [0.05, 0.1) is 25.4 Å². The summed E-state index contributed by atoms with van der Waals surface area (Å²) in [7, 11) is 1.63. The van der Waals surface area contributed by atoms with Crippen LogP contribution in [0.25, 0.3) is 17.3 Å². The van der Waals surface area contributed by atoms with Crippen molar-refractivity contribution in [2.75, 3.05) is 12.4 Å². The van der Waals surface area contributed by atoms with E-state index in [4.69, 9.17) is 21.3 Å². The lowest BCUT2D eigenvalue weighted by Gasteiger charge is -2.10. The molecule has 0 spiro atoms. The molecule has 0 radical (unpaired) electrons. The van der Waals surface area contributed by atoms with Crippen molar-refractivity contribution < 1.29 is 9.53 Å². The zero-order valence-corrected chi connectivity index (χ0v) is 17.3.